The van der Waals surface area contributed by atoms with Crippen molar-refractivity contribution in [3.63, 3.8) is 0 Å². The van der Waals surface area contributed by atoms with Crippen LogP contribution in [0.5, 0.6) is 0 Å². The summed E-state index contributed by atoms with van der Waals surface area (Å²) in [6.45, 7) is 20.4. The Morgan fingerprint density at radius 1 is 1.04 bits per heavy atom. The van der Waals surface area contributed by atoms with Gasteiger partial charge in [-0.25, -0.2) is 4.98 Å². The quantitative estimate of drug-likeness (QED) is 0.389. The molecule has 1 heterocycles. The Hall–Kier alpha value is -1.41. The van der Waals surface area contributed by atoms with Crippen LogP contribution in [0.4, 0.5) is 0 Å². The molecule has 0 fully saturated rings. The topological polar surface area (TPSA) is 12.9 Å². The molecule has 1 aromatic carbocycles. The standard InChI is InChI=1S/C26H39NS/c1-19-12-14-22(15-13-20(2)24-27-21(3)18-28-24)17-23(19)11-9-10-16-26(7,8)25(4,5)6/h12,14,17-18H,2,9-11,13,15-16H2,1,3-8H3. The fraction of sp³-hybridized carbons (Fsp3) is 0.577. The molecule has 2 rings (SSSR count). The maximum absolute atomic E-state index is 4.56. The highest BCUT2D eigenvalue weighted by Gasteiger charge is 2.31. The van der Waals surface area contributed by atoms with Crippen LogP contribution in [-0.2, 0) is 12.8 Å². The van der Waals surface area contributed by atoms with E-state index in [1.807, 2.05) is 6.92 Å². The van der Waals surface area contributed by atoms with Gasteiger partial charge in [0.05, 0.1) is 0 Å². The molecule has 1 aromatic heterocycles. The molecule has 0 spiro atoms. The SMILES string of the molecule is C=C(CCc1ccc(C)c(CCCCC(C)(C)C(C)(C)C)c1)c1nc(C)cs1. The van der Waals surface area contributed by atoms with Gasteiger partial charge >= 0.3 is 0 Å². The van der Waals surface area contributed by atoms with Crippen LogP contribution in [0.15, 0.2) is 30.2 Å². The van der Waals surface area contributed by atoms with Crippen LogP contribution < -0.4 is 0 Å². The Kier molecular flexibility index (Phi) is 7.67. The van der Waals surface area contributed by atoms with Crippen LogP contribution in [0.1, 0.15) is 87.7 Å². The first-order valence-electron chi connectivity index (χ1n) is 10.7. The maximum Gasteiger partial charge on any atom is 0.118 e. The molecule has 0 bridgehead atoms. The highest BCUT2D eigenvalue weighted by atomic mass is 32.1. The van der Waals surface area contributed by atoms with Gasteiger partial charge in [-0.2, -0.15) is 0 Å². The molecule has 2 heteroatoms. The van der Waals surface area contributed by atoms with E-state index < -0.39 is 0 Å². The van der Waals surface area contributed by atoms with Gasteiger partial charge in [-0.3, -0.25) is 0 Å². The van der Waals surface area contributed by atoms with Crippen molar-refractivity contribution >= 4 is 16.9 Å². The lowest BCUT2D eigenvalue weighted by Crippen LogP contribution is -2.29. The third-order valence-electron chi connectivity index (χ3n) is 6.58. The maximum atomic E-state index is 4.56. The van der Waals surface area contributed by atoms with Crippen molar-refractivity contribution in [2.24, 2.45) is 10.8 Å². The second-order valence-electron chi connectivity index (χ2n) is 10.00. The van der Waals surface area contributed by atoms with E-state index in [9.17, 15) is 0 Å². The predicted molar refractivity (Wildman–Crippen MR) is 126 cm³/mol. The van der Waals surface area contributed by atoms with Gasteiger partial charge in [0.25, 0.3) is 0 Å². The van der Waals surface area contributed by atoms with Crippen LogP contribution in [0.25, 0.3) is 5.57 Å². The average molecular weight is 398 g/mol. The molecule has 0 unspecified atom stereocenters. The van der Waals surface area contributed by atoms with Crippen LogP contribution >= 0.6 is 11.3 Å². The van der Waals surface area contributed by atoms with E-state index in [1.165, 1.54) is 42.4 Å². The first-order chi connectivity index (χ1) is 13.0. The molecule has 0 amide bonds. The minimum atomic E-state index is 0.362. The molecular weight excluding hydrogens is 358 g/mol. The summed E-state index contributed by atoms with van der Waals surface area (Å²) in [5.41, 5.74) is 7.36. The molecule has 0 saturated heterocycles. The van der Waals surface area contributed by atoms with Crippen molar-refractivity contribution in [2.75, 3.05) is 0 Å². The van der Waals surface area contributed by atoms with Gasteiger partial charge in [0, 0.05) is 11.1 Å². The smallest absolute Gasteiger partial charge is 0.118 e. The van der Waals surface area contributed by atoms with Crippen LogP contribution in [0.2, 0.25) is 0 Å². The summed E-state index contributed by atoms with van der Waals surface area (Å²) in [5.74, 6) is 0. The van der Waals surface area contributed by atoms with E-state index in [1.54, 1.807) is 11.3 Å². The number of aryl methyl sites for hydroxylation is 4. The molecule has 0 radical (unpaired) electrons. The molecule has 0 N–H and O–H groups in total. The van der Waals surface area contributed by atoms with Gasteiger partial charge < -0.3 is 0 Å². The number of hydrogen-bond acceptors (Lipinski definition) is 2. The molecule has 0 atom stereocenters. The van der Waals surface area contributed by atoms with Crippen LogP contribution in [-0.4, -0.2) is 4.98 Å². The van der Waals surface area contributed by atoms with Gasteiger partial charge in [-0.15, -0.1) is 11.3 Å². The zero-order chi connectivity index (χ0) is 20.9. The van der Waals surface area contributed by atoms with E-state index in [2.05, 4.69) is 76.7 Å². The summed E-state index contributed by atoms with van der Waals surface area (Å²) in [6, 6.07) is 6.99. The number of nitrogens with zero attached hydrogens (tertiary/aromatic N) is 1. The van der Waals surface area contributed by atoms with E-state index in [0.29, 0.717) is 10.8 Å². The Balaban J connectivity index is 1.88. The Bertz CT molecular complexity index is 789. The molecule has 0 aliphatic heterocycles. The highest BCUT2D eigenvalue weighted by Crippen LogP contribution is 2.41. The van der Waals surface area contributed by atoms with Crippen molar-refractivity contribution < 1.29 is 0 Å². The highest BCUT2D eigenvalue weighted by molar-refractivity contribution is 7.10. The monoisotopic (exact) mass is 397 g/mol. The van der Waals surface area contributed by atoms with Gasteiger partial charge in [0.15, 0.2) is 0 Å². The molecule has 0 saturated carbocycles. The van der Waals surface area contributed by atoms with E-state index in [4.69, 9.17) is 0 Å². The molecular formula is C26H39NS. The third kappa shape index (κ3) is 6.30. The van der Waals surface area contributed by atoms with E-state index in [0.717, 1.165) is 29.1 Å². The predicted octanol–water partition coefficient (Wildman–Crippen LogP) is 8.19. The first-order valence-corrected chi connectivity index (χ1v) is 11.6. The number of aromatic nitrogens is 1. The number of benzene rings is 1. The fourth-order valence-electron chi connectivity index (χ4n) is 3.33. The molecule has 0 aliphatic rings. The largest absolute Gasteiger partial charge is 0.242 e. The molecule has 154 valence electrons. The lowest BCUT2D eigenvalue weighted by atomic mass is 9.66. The minimum Gasteiger partial charge on any atom is -0.242 e. The Morgan fingerprint density at radius 3 is 2.36 bits per heavy atom. The van der Waals surface area contributed by atoms with Crippen LogP contribution in [0.3, 0.4) is 0 Å². The van der Waals surface area contributed by atoms with Crippen molar-refractivity contribution in [1.82, 2.24) is 4.98 Å². The second kappa shape index (κ2) is 9.39. The minimum absolute atomic E-state index is 0.362. The van der Waals surface area contributed by atoms with Gasteiger partial charge in [-0.05, 0) is 79.0 Å². The number of unbranched alkanes of at least 4 members (excludes halogenated alkanes) is 1. The zero-order valence-electron chi connectivity index (χ0n) is 19.1. The molecule has 2 aromatic rings. The fourth-order valence-corrected chi connectivity index (χ4v) is 4.13. The van der Waals surface area contributed by atoms with E-state index >= 15 is 0 Å². The number of rotatable bonds is 9. The van der Waals surface area contributed by atoms with Crippen molar-refractivity contribution in [2.45, 2.75) is 87.0 Å². The average Bonchev–Trinajstić information content (AvgIpc) is 3.04. The summed E-state index contributed by atoms with van der Waals surface area (Å²) in [5, 5.41) is 3.19. The summed E-state index contributed by atoms with van der Waals surface area (Å²) in [7, 11) is 0. The summed E-state index contributed by atoms with van der Waals surface area (Å²) in [4.78, 5) is 4.56. The lowest BCUT2D eigenvalue weighted by Gasteiger charge is -2.39. The molecule has 28 heavy (non-hydrogen) atoms. The van der Waals surface area contributed by atoms with Gasteiger partial charge in [0.2, 0.25) is 0 Å². The summed E-state index contributed by atoms with van der Waals surface area (Å²) in [6.07, 6.45) is 7.08. The Labute approximate surface area is 177 Å². The number of hydrogen-bond donors (Lipinski definition) is 0. The van der Waals surface area contributed by atoms with Gasteiger partial charge in [-0.1, -0.05) is 65.8 Å². The Morgan fingerprint density at radius 2 is 1.75 bits per heavy atom. The van der Waals surface area contributed by atoms with Gasteiger partial charge in [0.1, 0.15) is 5.01 Å². The van der Waals surface area contributed by atoms with Crippen molar-refractivity contribution in [3.05, 3.63) is 57.6 Å². The normalized spacial score (nSPS) is 12.4. The third-order valence-corrected chi connectivity index (χ3v) is 7.64. The molecule has 0 aliphatic carbocycles. The van der Waals surface area contributed by atoms with E-state index in [-0.39, 0.29) is 0 Å². The van der Waals surface area contributed by atoms with Crippen molar-refractivity contribution in [1.29, 1.82) is 0 Å². The zero-order valence-corrected chi connectivity index (χ0v) is 19.9. The summed E-state index contributed by atoms with van der Waals surface area (Å²) < 4.78 is 0. The molecule has 1 nitrogen and oxygen atoms in total. The van der Waals surface area contributed by atoms with Crippen molar-refractivity contribution in [3.8, 4) is 0 Å². The van der Waals surface area contributed by atoms with Crippen LogP contribution in [0, 0.1) is 24.7 Å². The second-order valence-corrected chi connectivity index (χ2v) is 10.9. The summed E-state index contributed by atoms with van der Waals surface area (Å²) >= 11 is 1.70. The number of allylic oxidation sites excluding steroid dienone is 1. The first kappa shape index (κ1) is 22.9. The number of thiazole rings is 1. The lowest BCUT2D eigenvalue weighted by molar-refractivity contribution is 0.116.